The van der Waals surface area contributed by atoms with Gasteiger partial charge in [-0.1, -0.05) is 40.5 Å². The highest BCUT2D eigenvalue weighted by molar-refractivity contribution is 5.76. The minimum atomic E-state index is -0.678. The summed E-state index contributed by atoms with van der Waals surface area (Å²) in [7, 11) is 0. The Kier molecular flexibility index (Phi) is 7.40. The van der Waals surface area contributed by atoms with Crippen molar-refractivity contribution in [1.29, 1.82) is 0 Å². The first kappa shape index (κ1) is 21.1. The van der Waals surface area contributed by atoms with Crippen LogP contribution in [-0.2, 0) is 28.5 Å². The summed E-state index contributed by atoms with van der Waals surface area (Å²) in [6.07, 6.45) is -0.436. The monoisotopic (exact) mass is 372 g/mol. The molecule has 0 unspecified atom stereocenters. The Labute approximate surface area is 154 Å². The average molecular weight is 372 g/mol. The van der Waals surface area contributed by atoms with Crippen LogP contribution in [0.5, 0.6) is 0 Å². The van der Waals surface area contributed by atoms with Crippen molar-refractivity contribution in [3.8, 4) is 0 Å². The van der Waals surface area contributed by atoms with E-state index in [9.17, 15) is 9.59 Å². The van der Waals surface area contributed by atoms with Crippen LogP contribution < -0.4 is 11.5 Å². The van der Waals surface area contributed by atoms with Gasteiger partial charge in [0, 0.05) is 0 Å². The number of rotatable bonds is 8. The first-order chi connectivity index (χ1) is 12.3. The molecule has 0 bridgehead atoms. The molecule has 0 saturated carbocycles. The smallest absolute Gasteiger partial charge is 0.323 e. The normalized spacial score (nSPS) is 32.4. The second kappa shape index (κ2) is 9.12. The molecule has 8 heteroatoms. The molecule has 0 radical (unpaired) electrons. The highest BCUT2D eigenvalue weighted by Crippen LogP contribution is 2.31. The van der Waals surface area contributed by atoms with Crippen LogP contribution in [0.4, 0.5) is 0 Å². The number of carbonyl (C=O) groups is 2. The summed E-state index contributed by atoms with van der Waals surface area (Å²) < 4.78 is 22.3. The molecule has 0 aromatic heterocycles. The van der Waals surface area contributed by atoms with Crippen LogP contribution in [-0.4, -0.2) is 61.7 Å². The van der Waals surface area contributed by atoms with Gasteiger partial charge in [-0.25, -0.2) is 0 Å². The molecule has 2 heterocycles. The Balaban J connectivity index is 1.89. The van der Waals surface area contributed by atoms with Gasteiger partial charge in [0.25, 0.3) is 0 Å². The first-order valence-corrected chi connectivity index (χ1v) is 9.45. The Bertz CT molecular complexity index is 458. The second-order valence-corrected chi connectivity index (χ2v) is 7.37. The fourth-order valence-electron chi connectivity index (χ4n) is 3.06. The Morgan fingerprint density at radius 3 is 1.54 bits per heavy atom. The maximum atomic E-state index is 12.2. The van der Waals surface area contributed by atoms with Crippen LogP contribution in [0.1, 0.15) is 40.5 Å². The second-order valence-electron chi connectivity index (χ2n) is 7.37. The van der Waals surface area contributed by atoms with Gasteiger partial charge >= 0.3 is 11.9 Å². The molecule has 150 valence electrons. The predicted molar refractivity (Wildman–Crippen MR) is 94.1 cm³/mol. The molecule has 0 spiro atoms. The summed E-state index contributed by atoms with van der Waals surface area (Å²) in [5, 5.41) is 0. The van der Waals surface area contributed by atoms with Gasteiger partial charge in [-0.2, -0.15) is 0 Å². The molecule has 0 aromatic carbocycles. The Morgan fingerprint density at radius 1 is 0.885 bits per heavy atom. The van der Waals surface area contributed by atoms with E-state index in [1.807, 2.05) is 27.7 Å². The van der Waals surface area contributed by atoms with Crippen molar-refractivity contribution in [3.63, 3.8) is 0 Å². The molecule has 4 N–H and O–H groups in total. The van der Waals surface area contributed by atoms with Crippen LogP contribution in [0.15, 0.2) is 0 Å². The summed E-state index contributed by atoms with van der Waals surface area (Å²) in [6.45, 7) is 8.13. The van der Waals surface area contributed by atoms with E-state index in [0.29, 0.717) is 0 Å². The van der Waals surface area contributed by atoms with Crippen molar-refractivity contribution in [1.82, 2.24) is 0 Å². The number of hydrogen-bond acceptors (Lipinski definition) is 8. The Morgan fingerprint density at radius 2 is 1.23 bits per heavy atom. The number of hydrogen-bond donors (Lipinski definition) is 2. The molecular formula is C18H32N2O6. The fraction of sp³-hybridized carbons (Fsp3) is 0.889. The predicted octanol–water partition coefficient (Wildman–Crippen LogP) is 0.354. The van der Waals surface area contributed by atoms with Crippen molar-refractivity contribution in [2.75, 3.05) is 13.2 Å². The summed E-state index contributed by atoms with van der Waals surface area (Å²) in [5.74, 6) is -0.866. The van der Waals surface area contributed by atoms with Crippen LogP contribution in [0.3, 0.4) is 0 Å². The number of nitrogens with two attached hydrogens (primary N) is 2. The van der Waals surface area contributed by atoms with Gasteiger partial charge in [0.2, 0.25) is 0 Å². The molecule has 8 nitrogen and oxygen atoms in total. The molecule has 2 aliphatic heterocycles. The van der Waals surface area contributed by atoms with Gasteiger partial charge in [-0.3, -0.25) is 9.59 Å². The minimum Gasteiger partial charge on any atom is -0.456 e. The lowest BCUT2D eigenvalue weighted by Crippen LogP contribution is -2.44. The van der Waals surface area contributed by atoms with E-state index < -0.39 is 48.4 Å². The zero-order valence-corrected chi connectivity index (χ0v) is 16.1. The standard InChI is InChI=1S/C18H32N2O6/c1-5-9(3)13(19)17(21)25-11-7-23-16-12(8-24-15(11)16)26-18(22)14(20)10(4)6-2/h9-16H,5-8,19-20H2,1-4H3/t9-,10-,11-,12+,13-,14-,15+,16+/m0/s1. The third-order valence-corrected chi connectivity index (χ3v) is 5.56. The van der Waals surface area contributed by atoms with Crippen molar-refractivity contribution >= 4 is 11.9 Å². The molecular weight excluding hydrogens is 340 g/mol. The van der Waals surface area contributed by atoms with Gasteiger partial charge < -0.3 is 30.4 Å². The lowest BCUT2D eigenvalue weighted by Gasteiger charge is -2.22. The minimum absolute atomic E-state index is 0.0286. The third-order valence-electron chi connectivity index (χ3n) is 5.56. The zero-order valence-electron chi connectivity index (χ0n) is 16.1. The molecule has 0 aromatic rings. The average Bonchev–Trinajstić information content (AvgIpc) is 3.22. The molecule has 8 atom stereocenters. The number of esters is 2. The highest BCUT2D eigenvalue weighted by atomic mass is 16.7. The number of ether oxygens (including phenoxy) is 4. The molecule has 2 saturated heterocycles. The van der Waals surface area contributed by atoms with Crippen LogP contribution in [0, 0.1) is 11.8 Å². The summed E-state index contributed by atoms with van der Waals surface area (Å²) in [4.78, 5) is 24.4. The van der Waals surface area contributed by atoms with E-state index in [4.69, 9.17) is 30.4 Å². The number of fused-ring (bicyclic) bond motifs is 1. The zero-order chi connectivity index (χ0) is 19.4. The van der Waals surface area contributed by atoms with Gasteiger partial charge in [-0.15, -0.1) is 0 Å². The first-order valence-electron chi connectivity index (χ1n) is 9.45. The van der Waals surface area contributed by atoms with E-state index >= 15 is 0 Å². The van der Waals surface area contributed by atoms with E-state index in [1.165, 1.54) is 0 Å². The molecule has 0 amide bonds. The van der Waals surface area contributed by atoms with Crippen LogP contribution in [0.2, 0.25) is 0 Å². The summed E-state index contributed by atoms with van der Waals surface area (Å²) >= 11 is 0. The van der Waals surface area contributed by atoms with Crippen molar-refractivity contribution < 1.29 is 28.5 Å². The maximum absolute atomic E-state index is 12.2. The maximum Gasteiger partial charge on any atom is 0.323 e. The molecule has 2 fully saturated rings. The van der Waals surface area contributed by atoms with Crippen LogP contribution in [0.25, 0.3) is 0 Å². The lowest BCUT2D eigenvalue weighted by molar-refractivity contribution is -0.158. The molecule has 2 aliphatic rings. The summed E-state index contributed by atoms with van der Waals surface area (Å²) in [6, 6.07) is -1.36. The molecule has 2 rings (SSSR count). The van der Waals surface area contributed by atoms with E-state index in [0.717, 1.165) is 12.8 Å². The van der Waals surface area contributed by atoms with Gasteiger partial charge in [-0.05, 0) is 11.8 Å². The topological polar surface area (TPSA) is 123 Å². The highest BCUT2D eigenvalue weighted by Gasteiger charge is 2.51. The van der Waals surface area contributed by atoms with Gasteiger partial charge in [0.05, 0.1) is 13.2 Å². The third kappa shape index (κ3) is 4.54. The van der Waals surface area contributed by atoms with Crippen molar-refractivity contribution in [2.45, 2.75) is 77.0 Å². The van der Waals surface area contributed by atoms with Gasteiger partial charge in [0.15, 0.2) is 12.2 Å². The number of carbonyl (C=O) groups excluding carboxylic acids is 2. The fourth-order valence-corrected chi connectivity index (χ4v) is 3.06. The van der Waals surface area contributed by atoms with E-state index in [1.54, 1.807) is 0 Å². The summed E-state index contributed by atoms with van der Waals surface area (Å²) in [5.41, 5.74) is 11.8. The quantitative estimate of drug-likeness (QED) is 0.585. The van der Waals surface area contributed by atoms with Crippen LogP contribution >= 0.6 is 0 Å². The van der Waals surface area contributed by atoms with Crippen molar-refractivity contribution in [3.05, 3.63) is 0 Å². The van der Waals surface area contributed by atoms with E-state index in [2.05, 4.69) is 0 Å². The Hall–Kier alpha value is -1.22. The SMILES string of the molecule is CC[C@H](C)[C@H](N)C(=O)O[C@H]1CO[C@H]2[C@@H]1OC[C@H]2OC(=O)[C@@H](N)[C@@H](C)CC. The molecule has 26 heavy (non-hydrogen) atoms. The lowest BCUT2D eigenvalue weighted by atomic mass is 10.00. The van der Waals surface area contributed by atoms with Gasteiger partial charge in [0.1, 0.15) is 24.3 Å². The largest absolute Gasteiger partial charge is 0.456 e. The van der Waals surface area contributed by atoms with Crippen molar-refractivity contribution in [2.24, 2.45) is 23.3 Å². The molecule has 0 aliphatic carbocycles. The van der Waals surface area contributed by atoms with E-state index in [-0.39, 0.29) is 25.0 Å².